The van der Waals surface area contributed by atoms with E-state index in [1.54, 1.807) is 12.4 Å². The minimum atomic E-state index is 0.292. The number of anilines is 1. The van der Waals surface area contributed by atoms with Crippen LogP contribution in [0.1, 0.15) is 26.2 Å². The van der Waals surface area contributed by atoms with Gasteiger partial charge >= 0.3 is 0 Å². The highest BCUT2D eigenvalue weighted by Crippen LogP contribution is 2.11. The molecule has 26 heavy (non-hydrogen) atoms. The van der Waals surface area contributed by atoms with Gasteiger partial charge in [-0.2, -0.15) is 0 Å². The number of aromatic nitrogens is 2. The van der Waals surface area contributed by atoms with Gasteiger partial charge in [-0.05, 0) is 25.8 Å². The molecule has 3 rings (SSSR count). The summed E-state index contributed by atoms with van der Waals surface area (Å²) in [7, 11) is 0. The van der Waals surface area contributed by atoms with Gasteiger partial charge in [0.15, 0.2) is 5.96 Å². The van der Waals surface area contributed by atoms with Crippen LogP contribution in [-0.2, 0) is 4.79 Å². The molecule has 0 aliphatic carbocycles. The second-order valence-electron chi connectivity index (χ2n) is 6.60. The molecule has 8 heteroatoms. The van der Waals surface area contributed by atoms with Gasteiger partial charge in [0, 0.05) is 71.2 Å². The maximum atomic E-state index is 11.7. The van der Waals surface area contributed by atoms with Crippen LogP contribution in [0, 0.1) is 0 Å². The lowest BCUT2D eigenvalue weighted by Gasteiger charge is -2.36. The van der Waals surface area contributed by atoms with Gasteiger partial charge in [-0.25, -0.2) is 9.97 Å². The highest BCUT2D eigenvalue weighted by Gasteiger charge is 2.21. The molecular weight excluding hydrogens is 330 g/mol. The first-order chi connectivity index (χ1) is 12.8. The number of piperazine rings is 1. The van der Waals surface area contributed by atoms with Crippen molar-refractivity contribution in [2.75, 3.05) is 57.3 Å². The van der Waals surface area contributed by atoms with Gasteiger partial charge in [0.25, 0.3) is 0 Å². The number of hydrogen-bond donors (Lipinski definition) is 1. The van der Waals surface area contributed by atoms with E-state index in [2.05, 4.69) is 32.0 Å². The molecule has 0 radical (unpaired) electrons. The highest BCUT2D eigenvalue weighted by molar-refractivity contribution is 5.80. The van der Waals surface area contributed by atoms with Gasteiger partial charge in [-0.1, -0.05) is 0 Å². The number of nitrogens with one attached hydrogen (secondary N) is 1. The zero-order valence-electron chi connectivity index (χ0n) is 15.6. The Hall–Kier alpha value is -2.38. The first-order valence-corrected chi connectivity index (χ1v) is 9.61. The SMILES string of the molecule is CCNC(=NCCCN1CCCC1=O)N1CCN(c2ncccn2)CC1. The fraction of sp³-hybridized carbons (Fsp3) is 0.667. The molecule has 1 N–H and O–H groups in total. The molecule has 1 aromatic heterocycles. The first-order valence-electron chi connectivity index (χ1n) is 9.61. The van der Waals surface area contributed by atoms with E-state index in [1.807, 2.05) is 11.0 Å². The summed E-state index contributed by atoms with van der Waals surface area (Å²) in [6, 6.07) is 1.84. The van der Waals surface area contributed by atoms with Crippen molar-refractivity contribution in [1.29, 1.82) is 0 Å². The average Bonchev–Trinajstić information content (AvgIpc) is 3.10. The number of nitrogens with zero attached hydrogens (tertiary/aromatic N) is 6. The van der Waals surface area contributed by atoms with Crippen LogP contribution >= 0.6 is 0 Å². The van der Waals surface area contributed by atoms with Crippen molar-refractivity contribution in [2.24, 2.45) is 4.99 Å². The molecule has 0 bridgehead atoms. The van der Waals surface area contributed by atoms with E-state index in [9.17, 15) is 4.79 Å². The summed E-state index contributed by atoms with van der Waals surface area (Å²) in [4.78, 5) is 31.5. The third-order valence-corrected chi connectivity index (χ3v) is 4.77. The van der Waals surface area contributed by atoms with Gasteiger partial charge in [0.1, 0.15) is 0 Å². The Balaban J connectivity index is 1.47. The fourth-order valence-corrected chi connectivity index (χ4v) is 3.39. The summed E-state index contributed by atoms with van der Waals surface area (Å²) < 4.78 is 0. The van der Waals surface area contributed by atoms with Crippen molar-refractivity contribution in [3.8, 4) is 0 Å². The normalized spacial score (nSPS) is 18.6. The third kappa shape index (κ3) is 4.83. The van der Waals surface area contributed by atoms with Crippen LogP contribution in [0.2, 0.25) is 0 Å². The van der Waals surface area contributed by atoms with Crippen LogP contribution in [-0.4, -0.2) is 84.0 Å². The number of rotatable bonds is 6. The monoisotopic (exact) mass is 359 g/mol. The number of guanidine groups is 1. The average molecular weight is 359 g/mol. The zero-order chi connectivity index (χ0) is 18.2. The molecule has 0 atom stereocenters. The van der Waals surface area contributed by atoms with E-state index in [1.165, 1.54) is 0 Å². The molecule has 8 nitrogen and oxygen atoms in total. The molecule has 2 saturated heterocycles. The summed E-state index contributed by atoms with van der Waals surface area (Å²) in [6.07, 6.45) is 6.19. The van der Waals surface area contributed by atoms with Gasteiger partial charge in [-0.15, -0.1) is 0 Å². The molecule has 0 unspecified atom stereocenters. The lowest BCUT2D eigenvalue weighted by atomic mass is 10.3. The Morgan fingerprint density at radius 1 is 1.19 bits per heavy atom. The Labute approximate surface area is 155 Å². The number of aliphatic imine (C=N–C) groups is 1. The Kier molecular flexibility index (Phi) is 6.62. The molecule has 2 aliphatic heterocycles. The maximum Gasteiger partial charge on any atom is 0.225 e. The third-order valence-electron chi connectivity index (χ3n) is 4.77. The topological polar surface area (TPSA) is 77.0 Å². The van der Waals surface area contributed by atoms with Gasteiger partial charge in [-0.3, -0.25) is 9.79 Å². The first kappa shape index (κ1) is 18.4. The smallest absolute Gasteiger partial charge is 0.225 e. The van der Waals surface area contributed by atoms with Crippen molar-refractivity contribution < 1.29 is 4.79 Å². The lowest BCUT2D eigenvalue weighted by Crippen LogP contribution is -2.53. The zero-order valence-corrected chi connectivity index (χ0v) is 15.6. The minimum Gasteiger partial charge on any atom is -0.357 e. The molecule has 3 heterocycles. The van der Waals surface area contributed by atoms with Crippen LogP contribution in [0.5, 0.6) is 0 Å². The number of carbonyl (C=O) groups excluding carboxylic acids is 1. The minimum absolute atomic E-state index is 0.292. The van der Waals surface area contributed by atoms with Crippen LogP contribution < -0.4 is 10.2 Å². The molecule has 2 fully saturated rings. The summed E-state index contributed by atoms with van der Waals surface area (Å²) in [6.45, 7) is 8.98. The van der Waals surface area contributed by atoms with E-state index in [4.69, 9.17) is 4.99 Å². The number of hydrogen-bond acceptors (Lipinski definition) is 5. The molecule has 1 aromatic rings. The van der Waals surface area contributed by atoms with Crippen LogP contribution in [0.25, 0.3) is 0 Å². The van der Waals surface area contributed by atoms with Crippen molar-refractivity contribution in [2.45, 2.75) is 26.2 Å². The van der Waals surface area contributed by atoms with E-state index in [0.717, 1.165) is 77.1 Å². The fourth-order valence-electron chi connectivity index (χ4n) is 3.39. The second-order valence-corrected chi connectivity index (χ2v) is 6.60. The predicted molar refractivity (Wildman–Crippen MR) is 102 cm³/mol. The lowest BCUT2D eigenvalue weighted by molar-refractivity contribution is -0.127. The molecule has 0 spiro atoms. The standard InChI is InChI=1S/C18H29N7O/c1-2-19-17(22-9-5-11-23-10-3-6-16(23)26)24-12-14-25(15-13-24)18-20-7-4-8-21-18/h4,7-8H,2-3,5-6,9-15H2,1H3,(H,19,22). The van der Waals surface area contributed by atoms with E-state index >= 15 is 0 Å². The van der Waals surface area contributed by atoms with Crippen molar-refractivity contribution >= 4 is 17.8 Å². The largest absolute Gasteiger partial charge is 0.357 e. The summed E-state index contributed by atoms with van der Waals surface area (Å²) in [5.41, 5.74) is 0. The Morgan fingerprint density at radius 3 is 2.62 bits per heavy atom. The summed E-state index contributed by atoms with van der Waals surface area (Å²) in [5.74, 6) is 2.05. The number of carbonyl (C=O) groups is 1. The van der Waals surface area contributed by atoms with Gasteiger partial charge in [0.05, 0.1) is 0 Å². The molecule has 0 aromatic carbocycles. The van der Waals surface area contributed by atoms with Crippen molar-refractivity contribution in [3.63, 3.8) is 0 Å². The van der Waals surface area contributed by atoms with Crippen LogP contribution in [0.4, 0.5) is 5.95 Å². The molecule has 2 aliphatic rings. The van der Waals surface area contributed by atoms with Gasteiger partial charge in [0.2, 0.25) is 11.9 Å². The quantitative estimate of drug-likeness (QED) is 0.455. The van der Waals surface area contributed by atoms with Crippen molar-refractivity contribution in [3.05, 3.63) is 18.5 Å². The number of likely N-dealkylation sites (tertiary alicyclic amines) is 1. The van der Waals surface area contributed by atoms with Gasteiger partial charge < -0.3 is 20.0 Å². The highest BCUT2D eigenvalue weighted by atomic mass is 16.2. The van der Waals surface area contributed by atoms with Crippen LogP contribution in [0.15, 0.2) is 23.5 Å². The van der Waals surface area contributed by atoms with Crippen LogP contribution in [0.3, 0.4) is 0 Å². The Morgan fingerprint density at radius 2 is 1.96 bits per heavy atom. The molecule has 0 saturated carbocycles. The maximum absolute atomic E-state index is 11.7. The molecular formula is C18H29N7O. The summed E-state index contributed by atoms with van der Waals surface area (Å²) >= 11 is 0. The van der Waals surface area contributed by atoms with E-state index < -0.39 is 0 Å². The molecule has 1 amide bonds. The van der Waals surface area contributed by atoms with Crippen molar-refractivity contribution in [1.82, 2.24) is 25.1 Å². The molecule has 142 valence electrons. The Bertz CT molecular complexity index is 599. The predicted octanol–water partition coefficient (Wildman–Crippen LogP) is 0.577. The van der Waals surface area contributed by atoms with E-state index in [-0.39, 0.29) is 0 Å². The number of amides is 1. The van der Waals surface area contributed by atoms with E-state index in [0.29, 0.717) is 12.3 Å². The second kappa shape index (κ2) is 9.35. The summed E-state index contributed by atoms with van der Waals surface area (Å²) in [5, 5.41) is 3.39.